The number of nitrogens with zero attached hydrogens (tertiary/aromatic N) is 2. The summed E-state index contributed by atoms with van der Waals surface area (Å²) in [4.78, 5) is 32.3. The van der Waals surface area contributed by atoms with E-state index in [2.05, 4.69) is 10.6 Å². The van der Waals surface area contributed by atoms with Crippen LogP contribution in [0.4, 0.5) is 9.18 Å². The molecule has 3 atom stereocenters. The lowest BCUT2D eigenvalue weighted by Crippen LogP contribution is -2.58. The van der Waals surface area contributed by atoms with E-state index in [0.717, 1.165) is 5.56 Å². The van der Waals surface area contributed by atoms with Gasteiger partial charge in [0, 0.05) is 17.0 Å². The molecular formula is C24H26ClFN4O2. The Bertz CT molecular complexity index is 1060. The van der Waals surface area contributed by atoms with Gasteiger partial charge in [0.2, 0.25) is 0 Å². The highest BCUT2D eigenvalue weighted by atomic mass is 35.5. The van der Waals surface area contributed by atoms with Crippen LogP contribution in [0.2, 0.25) is 5.02 Å². The predicted molar refractivity (Wildman–Crippen MR) is 122 cm³/mol. The third-order valence-corrected chi connectivity index (χ3v) is 5.95. The van der Waals surface area contributed by atoms with Gasteiger partial charge in [-0.25, -0.2) is 9.18 Å². The van der Waals surface area contributed by atoms with E-state index < -0.39 is 23.5 Å². The van der Waals surface area contributed by atoms with Crippen LogP contribution in [0, 0.1) is 11.2 Å². The second kappa shape index (κ2) is 8.54. The normalized spacial score (nSPS) is 23.4. The maximum atomic E-state index is 14.2. The van der Waals surface area contributed by atoms with Gasteiger partial charge < -0.3 is 10.6 Å². The fourth-order valence-corrected chi connectivity index (χ4v) is 4.36. The first-order valence-corrected chi connectivity index (χ1v) is 11.0. The van der Waals surface area contributed by atoms with Gasteiger partial charge in [-0.3, -0.25) is 14.7 Å². The zero-order chi connectivity index (χ0) is 23.0. The van der Waals surface area contributed by atoms with Crippen molar-refractivity contribution in [1.82, 2.24) is 15.5 Å². The highest BCUT2D eigenvalue weighted by molar-refractivity contribution is 6.30. The number of nitrogens with one attached hydrogen (secondary N) is 2. The zero-order valence-corrected chi connectivity index (χ0v) is 19.0. The van der Waals surface area contributed by atoms with E-state index in [9.17, 15) is 14.0 Å². The molecule has 3 unspecified atom stereocenters. The molecule has 0 spiro atoms. The molecule has 2 aromatic rings. The van der Waals surface area contributed by atoms with E-state index in [-0.39, 0.29) is 17.8 Å². The van der Waals surface area contributed by atoms with Crippen molar-refractivity contribution < 1.29 is 14.0 Å². The Kier molecular flexibility index (Phi) is 5.95. The van der Waals surface area contributed by atoms with E-state index in [0.29, 0.717) is 29.4 Å². The zero-order valence-electron chi connectivity index (χ0n) is 18.2. The first-order valence-electron chi connectivity index (χ1n) is 10.6. The lowest BCUT2D eigenvalue weighted by Gasteiger charge is -2.36. The first kappa shape index (κ1) is 22.3. The molecule has 2 aromatic carbocycles. The van der Waals surface area contributed by atoms with E-state index in [1.165, 1.54) is 12.1 Å². The lowest BCUT2D eigenvalue weighted by molar-refractivity contribution is -0.131. The second-order valence-electron chi connectivity index (χ2n) is 9.15. The van der Waals surface area contributed by atoms with Crippen LogP contribution < -0.4 is 10.6 Å². The number of carbonyl (C=O) groups excluding carboxylic acids is 2. The Morgan fingerprint density at radius 1 is 1.16 bits per heavy atom. The Labute approximate surface area is 191 Å². The molecule has 0 radical (unpaired) electrons. The van der Waals surface area contributed by atoms with E-state index >= 15 is 0 Å². The van der Waals surface area contributed by atoms with Gasteiger partial charge in [0.25, 0.3) is 5.91 Å². The summed E-state index contributed by atoms with van der Waals surface area (Å²) in [5.74, 6) is -0.0344. The van der Waals surface area contributed by atoms with Crippen LogP contribution in [0.25, 0.3) is 0 Å². The minimum Gasteiger partial charge on any atom is -0.338 e. The number of carbonyl (C=O) groups is 2. The monoisotopic (exact) mass is 456 g/mol. The maximum Gasteiger partial charge on any atom is 0.315 e. The summed E-state index contributed by atoms with van der Waals surface area (Å²) in [6.45, 7) is 6.36. The van der Waals surface area contributed by atoms with Gasteiger partial charge in [0.05, 0.1) is 6.04 Å². The van der Waals surface area contributed by atoms with Gasteiger partial charge in [0.1, 0.15) is 23.7 Å². The molecule has 3 amide bonds. The van der Waals surface area contributed by atoms with Gasteiger partial charge in [-0.05, 0) is 41.8 Å². The highest BCUT2D eigenvalue weighted by Gasteiger charge is 2.47. The van der Waals surface area contributed by atoms with Crippen LogP contribution in [0.1, 0.15) is 50.4 Å². The molecule has 6 nitrogen and oxygen atoms in total. The first-order chi connectivity index (χ1) is 15.1. The third-order valence-electron chi connectivity index (χ3n) is 5.70. The number of rotatable bonds is 3. The molecule has 0 aromatic heterocycles. The van der Waals surface area contributed by atoms with Crippen molar-refractivity contribution in [2.45, 2.75) is 45.3 Å². The number of halogens is 2. The van der Waals surface area contributed by atoms with Crippen molar-refractivity contribution in [3.05, 3.63) is 70.5 Å². The number of hydrogen-bond acceptors (Lipinski definition) is 3. The number of benzene rings is 2. The Balaban J connectivity index is 1.84. The highest BCUT2D eigenvalue weighted by Crippen LogP contribution is 2.46. The minimum atomic E-state index is -0.684. The van der Waals surface area contributed by atoms with E-state index in [1.54, 1.807) is 29.2 Å². The second-order valence-corrected chi connectivity index (χ2v) is 9.59. The van der Waals surface area contributed by atoms with Crippen LogP contribution in [0.5, 0.6) is 0 Å². The summed E-state index contributed by atoms with van der Waals surface area (Å²) < 4.78 is 14.2. The Morgan fingerprint density at radius 2 is 1.88 bits per heavy atom. The average Bonchev–Trinajstić information content (AvgIpc) is 3.15. The number of urea groups is 1. The van der Waals surface area contributed by atoms with E-state index in [4.69, 9.17) is 16.6 Å². The molecule has 2 N–H and O–H groups in total. The summed E-state index contributed by atoms with van der Waals surface area (Å²) in [6.07, 6.45) is 0.458. The number of amidine groups is 1. The van der Waals surface area contributed by atoms with Crippen LogP contribution in [-0.4, -0.2) is 35.3 Å². The largest absolute Gasteiger partial charge is 0.338 e. The summed E-state index contributed by atoms with van der Waals surface area (Å²) in [5.41, 5.74) is 1.05. The van der Waals surface area contributed by atoms with Crippen LogP contribution >= 0.6 is 11.6 Å². The molecule has 168 valence electrons. The fourth-order valence-electron chi connectivity index (χ4n) is 4.24. The van der Waals surface area contributed by atoms with Crippen molar-refractivity contribution in [3.8, 4) is 0 Å². The number of aliphatic imine (C=N–C) groups is 1. The molecule has 1 fully saturated rings. The quantitative estimate of drug-likeness (QED) is 0.707. The molecule has 32 heavy (non-hydrogen) atoms. The summed E-state index contributed by atoms with van der Waals surface area (Å²) in [6, 6.07) is 11.5. The average molecular weight is 457 g/mol. The fraction of sp³-hybridized carbons (Fsp3) is 0.375. The van der Waals surface area contributed by atoms with Crippen LogP contribution in [-0.2, 0) is 4.79 Å². The van der Waals surface area contributed by atoms with Gasteiger partial charge >= 0.3 is 6.03 Å². The molecule has 0 bridgehead atoms. The molecule has 2 heterocycles. The minimum absolute atomic E-state index is 0.251. The van der Waals surface area contributed by atoms with Crippen molar-refractivity contribution in [2.75, 3.05) is 6.54 Å². The Hall–Kier alpha value is -2.93. The van der Waals surface area contributed by atoms with Crippen molar-refractivity contribution >= 4 is 29.4 Å². The summed E-state index contributed by atoms with van der Waals surface area (Å²) in [5, 5.41) is 6.00. The third kappa shape index (κ3) is 4.35. The van der Waals surface area contributed by atoms with Crippen LogP contribution in [0.15, 0.2) is 53.5 Å². The SMILES string of the molecule is CC(C)(C)C1=NC(c2ccc(Cl)cc2)C(c2cccc(F)c2)N1C(=O)C1CCNC(=O)N1. The van der Waals surface area contributed by atoms with Crippen molar-refractivity contribution in [3.63, 3.8) is 0 Å². The van der Waals surface area contributed by atoms with Gasteiger partial charge in [0.15, 0.2) is 0 Å². The molecule has 0 saturated carbocycles. The molecular weight excluding hydrogens is 431 g/mol. The number of amides is 3. The standard InChI is InChI=1S/C24H26ClFN4O2/c1-24(2,3)22-29-19(14-7-9-16(25)10-8-14)20(15-5-4-6-17(26)13-15)30(22)21(31)18-11-12-27-23(32)28-18/h4-10,13,18-20H,11-12H2,1-3H3,(H2,27,28,32). The predicted octanol–water partition coefficient (Wildman–Crippen LogP) is 4.62. The van der Waals surface area contributed by atoms with Crippen LogP contribution in [0.3, 0.4) is 0 Å². The van der Waals surface area contributed by atoms with E-state index in [1.807, 2.05) is 32.9 Å². The van der Waals surface area contributed by atoms with Gasteiger partial charge in [-0.2, -0.15) is 0 Å². The summed E-state index contributed by atoms with van der Waals surface area (Å²) in [7, 11) is 0. The molecule has 2 aliphatic rings. The topological polar surface area (TPSA) is 73.8 Å². The van der Waals surface area contributed by atoms with Crippen molar-refractivity contribution in [2.24, 2.45) is 10.4 Å². The summed E-state index contributed by atoms with van der Waals surface area (Å²) >= 11 is 6.09. The molecule has 2 aliphatic heterocycles. The van der Waals surface area contributed by atoms with Crippen molar-refractivity contribution in [1.29, 1.82) is 0 Å². The smallest absolute Gasteiger partial charge is 0.315 e. The van der Waals surface area contributed by atoms with Gasteiger partial charge in [-0.15, -0.1) is 0 Å². The molecule has 0 aliphatic carbocycles. The molecule has 4 rings (SSSR count). The lowest BCUT2D eigenvalue weighted by atomic mass is 9.90. The molecule has 1 saturated heterocycles. The van der Waals surface area contributed by atoms with Gasteiger partial charge in [-0.1, -0.05) is 56.6 Å². The molecule has 8 heteroatoms. The number of hydrogen-bond donors (Lipinski definition) is 2. The Morgan fingerprint density at radius 3 is 2.50 bits per heavy atom. The maximum absolute atomic E-state index is 14.2.